The first-order chi connectivity index (χ1) is 10.2. The molecule has 0 aromatic heterocycles. The molecule has 0 saturated heterocycles. The summed E-state index contributed by atoms with van der Waals surface area (Å²) in [4.78, 5) is 0. The van der Waals surface area contributed by atoms with Gasteiger partial charge >= 0.3 is 0 Å². The minimum atomic E-state index is 0.394. The van der Waals surface area contributed by atoms with Crippen molar-refractivity contribution in [2.24, 2.45) is 0 Å². The molecule has 2 rings (SSSR count). The van der Waals surface area contributed by atoms with Gasteiger partial charge in [-0.2, -0.15) is 0 Å². The highest BCUT2D eigenvalue weighted by atomic mass is 14.9. The van der Waals surface area contributed by atoms with Gasteiger partial charge in [-0.05, 0) is 42.0 Å². The Morgan fingerprint density at radius 1 is 0.857 bits per heavy atom. The zero-order valence-electron chi connectivity index (χ0n) is 13.5. The van der Waals surface area contributed by atoms with E-state index in [0.29, 0.717) is 12.0 Å². The Hall–Kier alpha value is -1.76. The van der Waals surface area contributed by atoms with Gasteiger partial charge in [-0.25, -0.2) is 0 Å². The van der Waals surface area contributed by atoms with Crippen LogP contribution in [0.5, 0.6) is 0 Å². The van der Waals surface area contributed by atoms with Gasteiger partial charge in [-0.1, -0.05) is 69.7 Å². The predicted octanol–water partition coefficient (Wildman–Crippen LogP) is 6.15. The summed E-state index contributed by atoms with van der Waals surface area (Å²) in [6, 6.07) is 20.1. The quantitative estimate of drug-likeness (QED) is 0.641. The Morgan fingerprint density at radius 2 is 1.52 bits per heavy atom. The molecule has 21 heavy (non-hydrogen) atoms. The van der Waals surface area contributed by atoms with Crippen molar-refractivity contribution in [3.63, 3.8) is 0 Å². The molecule has 1 N–H and O–H groups in total. The Labute approximate surface area is 129 Å². The SMILES string of the molecule is CCCC(Nc1ccc(C(C)CC)cc1)c1ccccc1. The van der Waals surface area contributed by atoms with Gasteiger partial charge in [-0.3, -0.25) is 0 Å². The van der Waals surface area contributed by atoms with Crippen molar-refractivity contribution in [2.45, 2.75) is 52.0 Å². The fraction of sp³-hybridized carbons (Fsp3) is 0.400. The van der Waals surface area contributed by atoms with Crippen molar-refractivity contribution in [2.75, 3.05) is 5.32 Å². The lowest BCUT2D eigenvalue weighted by molar-refractivity contribution is 0.677. The summed E-state index contributed by atoms with van der Waals surface area (Å²) in [6.07, 6.45) is 3.52. The maximum atomic E-state index is 3.68. The summed E-state index contributed by atoms with van der Waals surface area (Å²) in [6.45, 7) is 6.76. The van der Waals surface area contributed by atoms with E-state index in [4.69, 9.17) is 0 Å². The van der Waals surface area contributed by atoms with E-state index in [1.54, 1.807) is 0 Å². The lowest BCUT2D eigenvalue weighted by Crippen LogP contribution is -2.10. The van der Waals surface area contributed by atoms with E-state index in [1.165, 1.54) is 29.7 Å². The molecule has 0 fully saturated rings. The van der Waals surface area contributed by atoms with Gasteiger partial charge in [0.1, 0.15) is 0 Å². The molecule has 2 unspecified atom stereocenters. The van der Waals surface area contributed by atoms with E-state index < -0.39 is 0 Å². The van der Waals surface area contributed by atoms with Crippen LogP contribution in [0.15, 0.2) is 54.6 Å². The first kappa shape index (κ1) is 15.6. The average molecular weight is 281 g/mol. The van der Waals surface area contributed by atoms with Gasteiger partial charge < -0.3 is 5.32 Å². The van der Waals surface area contributed by atoms with Crippen molar-refractivity contribution in [1.82, 2.24) is 0 Å². The van der Waals surface area contributed by atoms with Crippen LogP contribution in [0.25, 0.3) is 0 Å². The maximum Gasteiger partial charge on any atom is 0.0513 e. The summed E-state index contributed by atoms with van der Waals surface area (Å²) in [7, 11) is 0. The second-order valence-corrected chi connectivity index (χ2v) is 5.83. The van der Waals surface area contributed by atoms with E-state index in [9.17, 15) is 0 Å². The van der Waals surface area contributed by atoms with Gasteiger partial charge in [0.2, 0.25) is 0 Å². The summed E-state index contributed by atoms with van der Waals surface area (Å²) in [5.41, 5.74) is 4.00. The Morgan fingerprint density at radius 3 is 2.10 bits per heavy atom. The van der Waals surface area contributed by atoms with Gasteiger partial charge in [0.25, 0.3) is 0 Å². The van der Waals surface area contributed by atoms with Crippen LogP contribution in [0.4, 0.5) is 5.69 Å². The van der Waals surface area contributed by atoms with Crippen molar-refractivity contribution in [3.8, 4) is 0 Å². The largest absolute Gasteiger partial charge is 0.378 e. The van der Waals surface area contributed by atoms with Crippen LogP contribution in [0, 0.1) is 0 Å². The molecule has 0 heterocycles. The van der Waals surface area contributed by atoms with Crippen molar-refractivity contribution >= 4 is 5.69 Å². The minimum absolute atomic E-state index is 0.394. The van der Waals surface area contributed by atoms with Crippen LogP contribution >= 0.6 is 0 Å². The third-order valence-corrected chi connectivity index (χ3v) is 4.21. The van der Waals surface area contributed by atoms with Crippen LogP contribution in [0.2, 0.25) is 0 Å². The van der Waals surface area contributed by atoms with Gasteiger partial charge in [0, 0.05) is 5.69 Å². The Bertz CT molecular complexity index is 515. The topological polar surface area (TPSA) is 12.0 Å². The van der Waals surface area contributed by atoms with Crippen LogP contribution in [0.1, 0.15) is 63.1 Å². The van der Waals surface area contributed by atoms with Crippen LogP contribution in [0.3, 0.4) is 0 Å². The van der Waals surface area contributed by atoms with E-state index in [0.717, 1.165) is 6.42 Å². The van der Waals surface area contributed by atoms with E-state index in [2.05, 4.69) is 80.7 Å². The molecule has 1 nitrogen and oxygen atoms in total. The lowest BCUT2D eigenvalue weighted by Gasteiger charge is -2.20. The molecule has 2 aromatic rings. The molecule has 0 spiro atoms. The smallest absolute Gasteiger partial charge is 0.0513 e. The van der Waals surface area contributed by atoms with Crippen molar-refractivity contribution < 1.29 is 0 Å². The molecule has 0 aliphatic rings. The molecule has 0 bridgehead atoms. The fourth-order valence-electron chi connectivity index (χ4n) is 2.64. The van der Waals surface area contributed by atoms with Gasteiger partial charge in [0.05, 0.1) is 6.04 Å². The molecule has 2 aromatic carbocycles. The number of anilines is 1. The van der Waals surface area contributed by atoms with Gasteiger partial charge in [0.15, 0.2) is 0 Å². The predicted molar refractivity (Wildman–Crippen MR) is 92.9 cm³/mol. The molecule has 0 aliphatic carbocycles. The summed E-state index contributed by atoms with van der Waals surface area (Å²) >= 11 is 0. The molecule has 0 aliphatic heterocycles. The molecule has 2 atom stereocenters. The van der Waals surface area contributed by atoms with Crippen LogP contribution < -0.4 is 5.32 Å². The average Bonchev–Trinajstić information content (AvgIpc) is 2.55. The highest BCUT2D eigenvalue weighted by Gasteiger charge is 2.10. The number of benzene rings is 2. The van der Waals surface area contributed by atoms with E-state index in [1.807, 2.05) is 0 Å². The standard InChI is InChI=1S/C20H27N/c1-4-9-20(18-10-7-6-8-11-18)21-19-14-12-17(13-15-19)16(3)5-2/h6-8,10-16,20-21H,4-5,9H2,1-3H3. The number of hydrogen-bond acceptors (Lipinski definition) is 1. The molecule has 0 amide bonds. The van der Waals surface area contributed by atoms with Crippen LogP contribution in [-0.4, -0.2) is 0 Å². The number of rotatable bonds is 7. The first-order valence-corrected chi connectivity index (χ1v) is 8.16. The molecular formula is C20H27N. The highest BCUT2D eigenvalue weighted by Crippen LogP contribution is 2.26. The molecule has 0 radical (unpaired) electrons. The fourth-order valence-corrected chi connectivity index (χ4v) is 2.64. The number of hydrogen-bond donors (Lipinski definition) is 1. The third kappa shape index (κ3) is 4.35. The summed E-state index contributed by atoms with van der Waals surface area (Å²) < 4.78 is 0. The highest BCUT2D eigenvalue weighted by molar-refractivity contribution is 5.47. The maximum absolute atomic E-state index is 3.68. The molecule has 1 heteroatoms. The zero-order chi connectivity index (χ0) is 15.1. The zero-order valence-corrected chi connectivity index (χ0v) is 13.5. The molecule has 112 valence electrons. The van der Waals surface area contributed by atoms with Crippen molar-refractivity contribution in [1.29, 1.82) is 0 Å². The lowest BCUT2D eigenvalue weighted by atomic mass is 9.98. The second-order valence-electron chi connectivity index (χ2n) is 5.83. The molecular weight excluding hydrogens is 254 g/mol. The van der Waals surface area contributed by atoms with Gasteiger partial charge in [-0.15, -0.1) is 0 Å². The Balaban J connectivity index is 2.10. The van der Waals surface area contributed by atoms with Crippen molar-refractivity contribution in [3.05, 3.63) is 65.7 Å². The third-order valence-electron chi connectivity index (χ3n) is 4.21. The second kappa shape index (κ2) is 7.87. The van der Waals surface area contributed by atoms with Crippen LogP contribution in [-0.2, 0) is 0 Å². The molecule has 0 saturated carbocycles. The monoisotopic (exact) mass is 281 g/mol. The normalized spacial score (nSPS) is 13.7. The number of nitrogens with one attached hydrogen (secondary N) is 1. The van der Waals surface area contributed by atoms with E-state index >= 15 is 0 Å². The summed E-state index contributed by atoms with van der Waals surface area (Å²) in [5, 5.41) is 3.68. The Kier molecular flexibility index (Phi) is 5.86. The summed E-state index contributed by atoms with van der Waals surface area (Å²) in [5.74, 6) is 0.639. The minimum Gasteiger partial charge on any atom is -0.378 e. The van der Waals surface area contributed by atoms with E-state index in [-0.39, 0.29) is 0 Å². The first-order valence-electron chi connectivity index (χ1n) is 8.16.